The number of thiophene rings is 2. The number of rotatable bonds is 5. The van der Waals surface area contributed by atoms with Gasteiger partial charge in [-0.3, -0.25) is 4.79 Å². The maximum absolute atomic E-state index is 12.7. The van der Waals surface area contributed by atoms with Gasteiger partial charge in [-0.25, -0.2) is 0 Å². The maximum Gasteiger partial charge on any atom is 0.227 e. The zero-order chi connectivity index (χ0) is 13.8. The van der Waals surface area contributed by atoms with E-state index in [1.54, 1.807) is 22.7 Å². The van der Waals surface area contributed by atoms with Gasteiger partial charge in [-0.1, -0.05) is 12.1 Å². The zero-order valence-electron chi connectivity index (χ0n) is 11.2. The Morgan fingerprint density at radius 1 is 1.20 bits per heavy atom. The molecule has 3 nitrogen and oxygen atoms in total. The average molecular weight is 306 g/mol. The number of carbonyl (C=O) groups is 1. The molecule has 1 aliphatic rings. The summed E-state index contributed by atoms with van der Waals surface area (Å²) in [5.41, 5.74) is 0. The zero-order valence-corrected chi connectivity index (χ0v) is 12.9. The molecule has 1 aliphatic heterocycles. The summed E-state index contributed by atoms with van der Waals surface area (Å²) in [7, 11) is 0. The molecule has 1 fully saturated rings. The van der Waals surface area contributed by atoms with Crippen molar-refractivity contribution in [1.82, 2.24) is 10.2 Å². The quantitative estimate of drug-likeness (QED) is 0.921. The maximum atomic E-state index is 12.7. The topological polar surface area (TPSA) is 32.3 Å². The monoisotopic (exact) mass is 306 g/mol. The lowest BCUT2D eigenvalue weighted by molar-refractivity contribution is -0.136. The molecule has 0 aliphatic carbocycles. The van der Waals surface area contributed by atoms with Crippen molar-refractivity contribution in [3.63, 3.8) is 0 Å². The predicted molar refractivity (Wildman–Crippen MR) is 83.9 cm³/mol. The van der Waals surface area contributed by atoms with Gasteiger partial charge in [0.05, 0.1) is 19.0 Å². The molecule has 1 saturated heterocycles. The van der Waals surface area contributed by atoms with Gasteiger partial charge in [0, 0.05) is 16.3 Å². The molecule has 2 aromatic rings. The summed E-state index contributed by atoms with van der Waals surface area (Å²) in [6.07, 6.45) is 0.963. The van der Waals surface area contributed by atoms with Gasteiger partial charge in [-0.15, -0.1) is 22.7 Å². The molecule has 3 heterocycles. The minimum atomic E-state index is 0.148. The molecule has 3 rings (SSSR count). The molecule has 1 atom stereocenters. The van der Waals surface area contributed by atoms with Crippen molar-refractivity contribution in [3.05, 3.63) is 44.8 Å². The van der Waals surface area contributed by atoms with E-state index in [1.807, 2.05) is 17.0 Å². The fraction of sp³-hybridized carbons (Fsp3) is 0.400. The summed E-state index contributed by atoms with van der Waals surface area (Å²) in [6.45, 7) is 3.24. The third kappa shape index (κ3) is 3.29. The Bertz CT molecular complexity index is 494. The molecule has 0 saturated carbocycles. The summed E-state index contributed by atoms with van der Waals surface area (Å²) in [6, 6.07) is 8.30. The van der Waals surface area contributed by atoms with Crippen molar-refractivity contribution < 1.29 is 4.79 Å². The van der Waals surface area contributed by atoms with E-state index < -0.39 is 0 Å². The van der Waals surface area contributed by atoms with Gasteiger partial charge in [-0.05, 0) is 35.9 Å². The Morgan fingerprint density at radius 3 is 2.30 bits per heavy atom. The molecule has 106 valence electrons. The minimum absolute atomic E-state index is 0.148. The van der Waals surface area contributed by atoms with Gasteiger partial charge >= 0.3 is 0 Å². The first kappa shape index (κ1) is 13.8. The van der Waals surface area contributed by atoms with Crippen LogP contribution in [0.1, 0.15) is 16.2 Å². The SMILES string of the molecule is O=C(C1CCNC1)N(Cc1cccs1)Cc1cccs1. The number of hydrogen-bond donors (Lipinski definition) is 1. The average Bonchev–Trinajstić information content (AvgIpc) is 3.20. The number of nitrogens with one attached hydrogen (secondary N) is 1. The van der Waals surface area contributed by atoms with Crippen LogP contribution < -0.4 is 5.32 Å². The van der Waals surface area contributed by atoms with Gasteiger partial charge in [0.2, 0.25) is 5.91 Å². The van der Waals surface area contributed by atoms with Crippen molar-refractivity contribution >= 4 is 28.6 Å². The Morgan fingerprint density at radius 2 is 1.85 bits per heavy atom. The molecule has 1 unspecified atom stereocenters. The second-order valence-corrected chi connectivity index (χ2v) is 7.11. The van der Waals surface area contributed by atoms with Crippen LogP contribution >= 0.6 is 22.7 Å². The summed E-state index contributed by atoms with van der Waals surface area (Å²) in [5, 5.41) is 7.42. The van der Waals surface area contributed by atoms with Gasteiger partial charge in [0.25, 0.3) is 0 Å². The molecule has 0 radical (unpaired) electrons. The fourth-order valence-electron chi connectivity index (χ4n) is 2.52. The predicted octanol–water partition coefficient (Wildman–Crippen LogP) is 2.95. The molecular formula is C15H18N2OS2. The summed E-state index contributed by atoms with van der Waals surface area (Å²) < 4.78 is 0. The van der Waals surface area contributed by atoms with Crippen LogP contribution in [-0.4, -0.2) is 23.9 Å². The summed E-state index contributed by atoms with van der Waals surface area (Å²) in [5.74, 6) is 0.437. The second-order valence-electron chi connectivity index (χ2n) is 5.04. The Hall–Kier alpha value is -1.17. The molecule has 5 heteroatoms. The molecule has 20 heavy (non-hydrogen) atoms. The number of nitrogens with zero attached hydrogens (tertiary/aromatic N) is 1. The van der Waals surface area contributed by atoms with Gasteiger partial charge in [-0.2, -0.15) is 0 Å². The largest absolute Gasteiger partial charge is 0.332 e. The highest BCUT2D eigenvalue weighted by molar-refractivity contribution is 7.10. The highest BCUT2D eigenvalue weighted by Gasteiger charge is 2.27. The summed E-state index contributed by atoms with van der Waals surface area (Å²) >= 11 is 3.44. The van der Waals surface area contributed by atoms with Crippen LogP contribution in [0.25, 0.3) is 0 Å². The third-order valence-electron chi connectivity index (χ3n) is 3.57. The van der Waals surface area contributed by atoms with Gasteiger partial charge in [0.15, 0.2) is 0 Å². The Labute approximate surface area is 127 Å². The van der Waals surface area contributed by atoms with Crippen LogP contribution in [0.5, 0.6) is 0 Å². The lowest BCUT2D eigenvalue weighted by Gasteiger charge is -2.24. The van der Waals surface area contributed by atoms with E-state index in [4.69, 9.17) is 0 Å². The van der Waals surface area contributed by atoms with Crippen LogP contribution in [0.3, 0.4) is 0 Å². The van der Waals surface area contributed by atoms with Crippen molar-refractivity contribution in [2.45, 2.75) is 19.5 Å². The number of carbonyl (C=O) groups excluding carboxylic acids is 1. The van der Waals surface area contributed by atoms with Crippen molar-refractivity contribution in [2.24, 2.45) is 5.92 Å². The molecule has 0 bridgehead atoms. The molecule has 0 spiro atoms. The normalized spacial score (nSPS) is 18.3. The van der Waals surface area contributed by atoms with Crippen LogP contribution in [0.4, 0.5) is 0 Å². The highest BCUT2D eigenvalue weighted by atomic mass is 32.1. The standard InChI is InChI=1S/C15H18N2OS2/c18-15(12-5-6-16-9-12)17(10-13-3-1-7-19-13)11-14-4-2-8-20-14/h1-4,7-8,12,16H,5-6,9-11H2. The van der Waals surface area contributed by atoms with Crippen LogP contribution in [-0.2, 0) is 17.9 Å². The second kappa shape index (κ2) is 6.52. The summed E-state index contributed by atoms with van der Waals surface area (Å²) in [4.78, 5) is 17.2. The van der Waals surface area contributed by atoms with E-state index in [9.17, 15) is 4.79 Å². The molecule has 0 aromatic carbocycles. The van der Waals surface area contributed by atoms with E-state index >= 15 is 0 Å². The highest BCUT2D eigenvalue weighted by Crippen LogP contribution is 2.21. The third-order valence-corrected chi connectivity index (χ3v) is 5.30. The van der Waals surface area contributed by atoms with Crippen LogP contribution in [0, 0.1) is 5.92 Å². The van der Waals surface area contributed by atoms with Crippen LogP contribution in [0.2, 0.25) is 0 Å². The van der Waals surface area contributed by atoms with Crippen molar-refractivity contribution in [2.75, 3.05) is 13.1 Å². The molecule has 2 aromatic heterocycles. The van der Waals surface area contributed by atoms with E-state index in [0.717, 1.165) is 32.6 Å². The van der Waals surface area contributed by atoms with E-state index in [2.05, 4.69) is 28.2 Å². The first-order valence-electron chi connectivity index (χ1n) is 6.87. The smallest absolute Gasteiger partial charge is 0.227 e. The van der Waals surface area contributed by atoms with Crippen molar-refractivity contribution in [3.8, 4) is 0 Å². The Balaban J connectivity index is 1.73. The first-order chi connectivity index (χ1) is 9.83. The first-order valence-corrected chi connectivity index (χ1v) is 8.63. The lowest BCUT2D eigenvalue weighted by atomic mass is 10.1. The molecular weight excluding hydrogens is 288 g/mol. The van der Waals surface area contributed by atoms with Gasteiger partial charge < -0.3 is 10.2 Å². The minimum Gasteiger partial charge on any atom is -0.332 e. The number of hydrogen-bond acceptors (Lipinski definition) is 4. The van der Waals surface area contributed by atoms with Crippen molar-refractivity contribution in [1.29, 1.82) is 0 Å². The van der Waals surface area contributed by atoms with E-state index in [1.165, 1.54) is 9.75 Å². The lowest BCUT2D eigenvalue weighted by Crippen LogP contribution is -2.35. The van der Waals surface area contributed by atoms with E-state index in [-0.39, 0.29) is 11.8 Å². The van der Waals surface area contributed by atoms with Gasteiger partial charge in [0.1, 0.15) is 0 Å². The molecule has 1 amide bonds. The van der Waals surface area contributed by atoms with E-state index in [0.29, 0.717) is 0 Å². The fourth-order valence-corrected chi connectivity index (χ4v) is 3.96. The van der Waals surface area contributed by atoms with Crippen LogP contribution in [0.15, 0.2) is 35.0 Å². The number of amides is 1. The Kier molecular flexibility index (Phi) is 4.50. The molecule has 1 N–H and O–H groups in total.